The molecule has 0 aliphatic carbocycles. The zero-order chi connectivity index (χ0) is 10.6. The van der Waals surface area contributed by atoms with E-state index in [1.807, 2.05) is 0 Å². The summed E-state index contributed by atoms with van der Waals surface area (Å²) in [4.78, 5) is 10.4. The lowest BCUT2D eigenvalue weighted by Gasteiger charge is -2.36. The molecule has 1 rings (SSSR count). The Morgan fingerprint density at radius 3 is 3.00 bits per heavy atom. The summed E-state index contributed by atoms with van der Waals surface area (Å²) in [6, 6.07) is 0. The minimum absolute atomic E-state index is 0.0637. The lowest BCUT2D eigenvalue weighted by molar-refractivity contribution is -0.131. The first-order valence-electron chi connectivity index (χ1n) is 5.11. The molecular weight excluding hydrogens is 180 g/mol. The van der Waals surface area contributed by atoms with Gasteiger partial charge in [0, 0.05) is 12.7 Å². The van der Waals surface area contributed by atoms with Crippen molar-refractivity contribution in [2.45, 2.75) is 38.7 Å². The third-order valence-electron chi connectivity index (χ3n) is 2.89. The van der Waals surface area contributed by atoms with Gasteiger partial charge in [-0.05, 0) is 32.1 Å². The van der Waals surface area contributed by atoms with Crippen molar-refractivity contribution in [2.75, 3.05) is 6.61 Å². The van der Waals surface area contributed by atoms with Crippen LogP contribution in [0.25, 0.3) is 0 Å². The van der Waals surface area contributed by atoms with Crippen molar-refractivity contribution in [2.24, 2.45) is 5.92 Å². The van der Waals surface area contributed by atoms with Crippen LogP contribution in [0.2, 0.25) is 0 Å². The van der Waals surface area contributed by atoms with Gasteiger partial charge in [0.05, 0.1) is 5.60 Å². The highest BCUT2D eigenvalue weighted by atomic mass is 16.5. The smallest absolute Gasteiger partial charge is 0.327 e. The first kappa shape index (κ1) is 11.2. The first-order valence-corrected chi connectivity index (χ1v) is 5.11. The quantitative estimate of drug-likeness (QED) is 0.707. The predicted molar refractivity (Wildman–Crippen MR) is 54.1 cm³/mol. The van der Waals surface area contributed by atoms with Crippen molar-refractivity contribution < 1.29 is 14.6 Å². The van der Waals surface area contributed by atoms with Crippen molar-refractivity contribution in [1.29, 1.82) is 0 Å². The minimum Gasteiger partial charge on any atom is -0.478 e. The molecule has 3 nitrogen and oxygen atoms in total. The Labute approximate surface area is 84.8 Å². The van der Waals surface area contributed by atoms with E-state index in [-0.39, 0.29) is 5.60 Å². The second kappa shape index (κ2) is 4.60. The largest absolute Gasteiger partial charge is 0.478 e. The molecular formula is C11H18O3. The number of aliphatic carboxylic acids is 1. The maximum absolute atomic E-state index is 10.4. The van der Waals surface area contributed by atoms with Gasteiger partial charge in [-0.2, -0.15) is 0 Å². The Balaban J connectivity index is 2.52. The van der Waals surface area contributed by atoms with Gasteiger partial charge in [-0.15, -0.1) is 0 Å². The van der Waals surface area contributed by atoms with E-state index in [1.165, 1.54) is 6.08 Å². The standard InChI is InChI=1S/C11H18O3/c1-3-11(2)8-9(6-7-14-11)4-5-10(12)13/h4-5,9H,3,6-8H2,1-2H3,(H,12,13)/b5-4+. The van der Waals surface area contributed by atoms with Gasteiger partial charge >= 0.3 is 5.97 Å². The molecule has 2 unspecified atom stereocenters. The van der Waals surface area contributed by atoms with Gasteiger partial charge in [0.15, 0.2) is 0 Å². The van der Waals surface area contributed by atoms with Gasteiger partial charge < -0.3 is 9.84 Å². The molecule has 0 saturated carbocycles. The number of ether oxygens (including phenoxy) is 1. The maximum atomic E-state index is 10.4. The highest BCUT2D eigenvalue weighted by Crippen LogP contribution is 2.32. The molecule has 0 bridgehead atoms. The Bertz CT molecular complexity index is 235. The molecule has 1 heterocycles. The molecule has 1 aliphatic heterocycles. The Morgan fingerprint density at radius 2 is 2.43 bits per heavy atom. The Kier molecular flexibility index (Phi) is 3.69. The number of allylic oxidation sites excluding steroid dienone is 1. The molecule has 0 radical (unpaired) electrons. The molecule has 2 atom stereocenters. The summed E-state index contributed by atoms with van der Waals surface area (Å²) in [6.07, 6.45) is 5.86. The van der Waals surface area contributed by atoms with E-state index in [0.29, 0.717) is 5.92 Å². The van der Waals surface area contributed by atoms with Crippen molar-refractivity contribution in [3.05, 3.63) is 12.2 Å². The van der Waals surface area contributed by atoms with Gasteiger partial charge in [0.2, 0.25) is 0 Å². The lowest BCUT2D eigenvalue weighted by Crippen LogP contribution is -2.35. The Morgan fingerprint density at radius 1 is 1.71 bits per heavy atom. The molecule has 14 heavy (non-hydrogen) atoms. The zero-order valence-electron chi connectivity index (χ0n) is 8.82. The summed E-state index contributed by atoms with van der Waals surface area (Å²) in [5, 5.41) is 8.51. The number of hydrogen-bond donors (Lipinski definition) is 1. The number of rotatable bonds is 3. The highest BCUT2D eigenvalue weighted by Gasteiger charge is 2.30. The van der Waals surface area contributed by atoms with E-state index in [9.17, 15) is 4.79 Å². The normalized spacial score (nSPS) is 33.4. The SMILES string of the molecule is CCC1(C)CC(/C=C/C(=O)O)CCO1. The van der Waals surface area contributed by atoms with Crippen LogP contribution in [-0.4, -0.2) is 23.3 Å². The molecule has 0 aromatic rings. The summed E-state index contributed by atoms with van der Waals surface area (Å²) in [6.45, 7) is 4.93. The van der Waals surface area contributed by atoms with Crippen LogP contribution in [0.3, 0.4) is 0 Å². The zero-order valence-corrected chi connectivity index (χ0v) is 8.82. The van der Waals surface area contributed by atoms with E-state index in [4.69, 9.17) is 9.84 Å². The number of carboxylic acid groups (broad SMARTS) is 1. The Hall–Kier alpha value is -0.830. The minimum atomic E-state index is -0.866. The van der Waals surface area contributed by atoms with Crippen LogP contribution in [0.1, 0.15) is 33.1 Å². The van der Waals surface area contributed by atoms with E-state index in [2.05, 4.69) is 13.8 Å². The average Bonchev–Trinajstić information content (AvgIpc) is 2.15. The lowest BCUT2D eigenvalue weighted by atomic mass is 9.85. The summed E-state index contributed by atoms with van der Waals surface area (Å²) in [5.41, 5.74) is -0.0637. The van der Waals surface area contributed by atoms with Gasteiger partial charge in [-0.1, -0.05) is 13.0 Å². The molecule has 0 amide bonds. The van der Waals surface area contributed by atoms with Crippen LogP contribution in [0.4, 0.5) is 0 Å². The molecule has 1 aliphatic rings. The fraction of sp³-hybridized carbons (Fsp3) is 0.727. The van der Waals surface area contributed by atoms with E-state index < -0.39 is 5.97 Å². The molecule has 0 spiro atoms. The fourth-order valence-electron chi connectivity index (χ4n) is 1.80. The monoisotopic (exact) mass is 198 g/mol. The number of hydrogen-bond acceptors (Lipinski definition) is 2. The third-order valence-corrected chi connectivity index (χ3v) is 2.89. The molecule has 1 fully saturated rings. The molecule has 0 aromatic carbocycles. The average molecular weight is 198 g/mol. The van der Waals surface area contributed by atoms with Gasteiger partial charge in [0.1, 0.15) is 0 Å². The van der Waals surface area contributed by atoms with E-state index >= 15 is 0 Å². The molecule has 80 valence electrons. The second-order valence-corrected chi connectivity index (χ2v) is 4.10. The maximum Gasteiger partial charge on any atom is 0.327 e. The highest BCUT2D eigenvalue weighted by molar-refractivity contribution is 5.79. The first-order chi connectivity index (χ1) is 6.56. The van der Waals surface area contributed by atoms with Gasteiger partial charge in [-0.3, -0.25) is 0 Å². The number of carboxylic acids is 1. The van der Waals surface area contributed by atoms with Gasteiger partial charge in [0.25, 0.3) is 0 Å². The van der Waals surface area contributed by atoms with Crippen LogP contribution in [0.15, 0.2) is 12.2 Å². The number of carbonyl (C=O) groups is 1. The van der Waals surface area contributed by atoms with Crippen molar-refractivity contribution in [1.82, 2.24) is 0 Å². The molecule has 1 saturated heterocycles. The van der Waals surface area contributed by atoms with Crippen LogP contribution < -0.4 is 0 Å². The van der Waals surface area contributed by atoms with Gasteiger partial charge in [-0.25, -0.2) is 4.79 Å². The summed E-state index contributed by atoms with van der Waals surface area (Å²) in [5.74, 6) is -0.514. The van der Waals surface area contributed by atoms with E-state index in [0.717, 1.165) is 25.9 Å². The summed E-state index contributed by atoms with van der Waals surface area (Å²) >= 11 is 0. The topological polar surface area (TPSA) is 46.5 Å². The van der Waals surface area contributed by atoms with Crippen molar-refractivity contribution in [3.63, 3.8) is 0 Å². The summed E-state index contributed by atoms with van der Waals surface area (Å²) < 4.78 is 5.67. The van der Waals surface area contributed by atoms with Crippen molar-refractivity contribution >= 4 is 5.97 Å². The molecule has 0 aromatic heterocycles. The predicted octanol–water partition coefficient (Wildman–Crippen LogP) is 2.22. The summed E-state index contributed by atoms with van der Waals surface area (Å²) in [7, 11) is 0. The van der Waals surface area contributed by atoms with Crippen LogP contribution in [0.5, 0.6) is 0 Å². The molecule has 3 heteroatoms. The van der Waals surface area contributed by atoms with Crippen molar-refractivity contribution in [3.8, 4) is 0 Å². The van der Waals surface area contributed by atoms with Crippen LogP contribution >= 0.6 is 0 Å². The fourth-order valence-corrected chi connectivity index (χ4v) is 1.80. The second-order valence-electron chi connectivity index (χ2n) is 4.10. The van der Waals surface area contributed by atoms with Crippen LogP contribution in [0, 0.1) is 5.92 Å². The van der Waals surface area contributed by atoms with Crippen LogP contribution in [-0.2, 0) is 9.53 Å². The van der Waals surface area contributed by atoms with E-state index in [1.54, 1.807) is 6.08 Å². The third kappa shape index (κ3) is 3.14. The molecule has 1 N–H and O–H groups in total.